The van der Waals surface area contributed by atoms with Gasteiger partial charge < -0.3 is 0 Å². The zero-order valence-electron chi connectivity index (χ0n) is 12.0. The summed E-state index contributed by atoms with van der Waals surface area (Å²) in [4.78, 5) is 2.68. The minimum atomic E-state index is 0.200. The van der Waals surface area contributed by atoms with E-state index in [4.69, 9.17) is 0 Å². The predicted molar refractivity (Wildman–Crippen MR) is 86.8 cm³/mol. The van der Waals surface area contributed by atoms with Gasteiger partial charge in [0.05, 0.1) is 0 Å². The second-order valence-corrected chi connectivity index (χ2v) is 10.9. The van der Waals surface area contributed by atoms with Gasteiger partial charge in [0.25, 0.3) is 0 Å². The molecule has 1 aliphatic rings. The van der Waals surface area contributed by atoms with Crippen LogP contribution >= 0.6 is 15.8 Å². The number of benzene rings is 1. The molecule has 0 spiro atoms. The summed E-state index contributed by atoms with van der Waals surface area (Å²) in [5.41, 5.74) is 3.39. The fourth-order valence-corrected chi connectivity index (χ4v) is 7.11. The van der Waals surface area contributed by atoms with Crippen LogP contribution in [0.3, 0.4) is 0 Å². The van der Waals surface area contributed by atoms with E-state index in [1.807, 2.05) is 0 Å². The lowest BCUT2D eigenvalue weighted by atomic mass is 10.2. The van der Waals surface area contributed by atoms with Crippen LogP contribution in [0.25, 0.3) is 0 Å². The molecular formula is C15H25NP2. The van der Waals surface area contributed by atoms with Crippen molar-refractivity contribution in [2.45, 2.75) is 17.9 Å². The number of nitrogens with zero attached hydrogens (tertiary/aromatic N) is 1. The van der Waals surface area contributed by atoms with Crippen LogP contribution in [0.5, 0.6) is 0 Å². The number of hydrogen-bond acceptors (Lipinski definition) is 1. The number of hydrogen-bond donors (Lipinski definition) is 0. The maximum absolute atomic E-state index is 2.68. The monoisotopic (exact) mass is 281 g/mol. The molecule has 2 atom stereocenters. The molecule has 1 heterocycles. The van der Waals surface area contributed by atoms with E-state index in [1.54, 1.807) is 0 Å². The smallest absolute Gasteiger partial charge is 0.0234 e. The average molecular weight is 281 g/mol. The van der Waals surface area contributed by atoms with E-state index in [2.05, 4.69) is 61.9 Å². The first-order chi connectivity index (χ1) is 8.58. The lowest BCUT2D eigenvalue weighted by Gasteiger charge is -2.25. The van der Waals surface area contributed by atoms with E-state index in [0.29, 0.717) is 0 Å². The second-order valence-electron chi connectivity index (χ2n) is 5.74. The quantitative estimate of drug-likeness (QED) is 0.760. The molecule has 1 fully saturated rings. The molecule has 0 radical (unpaired) electrons. The van der Waals surface area contributed by atoms with Crippen LogP contribution in [0.4, 0.5) is 0 Å². The van der Waals surface area contributed by atoms with Crippen LogP contribution in [-0.2, 0) is 6.54 Å². The largest absolute Gasteiger partial charge is 0.298 e. The molecular weight excluding hydrogens is 256 g/mol. The van der Waals surface area contributed by atoms with Gasteiger partial charge >= 0.3 is 0 Å². The summed E-state index contributed by atoms with van der Waals surface area (Å²) in [6.45, 7) is 13.6. The van der Waals surface area contributed by atoms with E-state index in [9.17, 15) is 0 Å². The molecule has 1 aliphatic heterocycles. The number of rotatable bonds is 4. The van der Waals surface area contributed by atoms with Crippen molar-refractivity contribution in [3.05, 3.63) is 35.9 Å². The third-order valence-corrected chi connectivity index (χ3v) is 7.84. The Balaban J connectivity index is 2.00. The highest BCUT2D eigenvalue weighted by atomic mass is 31.1. The Morgan fingerprint density at radius 3 is 1.89 bits per heavy atom. The third-order valence-electron chi connectivity index (χ3n) is 3.91. The summed E-state index contributed by atoms with van der Waals surface area (Å²) >= 11 is 0. The Hall–Kier alpha value is 0.0400. The normalized spacial score (nSPS) is 25.2. The van der Waals surface area contributed by atoms with Crippen molar-refractivity contribution in [2.75, 3.05) is 39.7 Å². The topological polar surface area (TPSA) is 3.24 Å². The van der Waals surface area contributed by atoms with Gasteiger partial charge in [-0.2, -0.15) is 0 Å². The van der Waals surface area contributed by atoms with Crippen molar-refractivity contribution in [1.29, 1.82) is 0 Å². The first-order valence-corrected chi connectivity index (χ1v) is 11.3. The summed E-state index contributed by atoms with van der Waals surface area (Å²) in [6, 6.07) is 10.9. The van der Waals surface area contributed by atoms with Crippen LogP contribution in [0, 0.1) is 0 Å². The Bertz CT molecular complexity index is 348. The molecule has 0 aromatic heterocycles. The Labute approximate surface area is 114 Å². The molecule has 1 aromatic carbocycles. The highest BCUT2D eigenvalue weighted by Gasteiger charge is 2.35. The van der Waals surface area contributed by atoms with Crippen molar-refractivity contribution < 1.29 is 0 Å². The lowest BCUT2D eigenvalue weighted by Crippen LogP contribution is -2.21. The van der Waals surface area contributed by atoms with Crippen molar-refractivity contribution in [3.8, 4) is 0 Å². The summed E-state index contributed by atoms with van der Waals surface area (Å²) < 4.78 is 0. The Kier molecular flexibility index (Phi) is 5.19. The first-order valence-electron chi connectivity index (χ1n) is 6.67. The number of likely N-dealkylation sites (tertiary alicyclic amines) is 1. The molecule has 100 valence electrons. The first kappa shape index (κ1) is 14.4. The van der Waals surface area contributed by atoms with Crippen LogP contribution in [0.15, 0.2) is 30.3 Å². The highest BCUT2D eigenvalue weighted by molar-refractivity contribution is 7.61. The molecule has 1 aromatic rings. The van der Waals surface area contributed by atoms with Crippen molar-refractivity contribution in [1.82, 2.24) is 4.90 Å². The highest BCUT2D eigenvalue weighted by Crippen LogP contribution is 2.49. The van der Waals surface area contributed by atoms with E-state index in [0.717, 1.165) is 17.9 Å². The van der Waals surface area contributed by atoms with Crippen LogP contribution in [0.1, 0.15) is 5.56 Å². The maximum atomic E-state index is 2.68. The minimum absolute atomic E-state index is 0.200. The van der Waals surface area contributed by atoms with E-state index in [1.165, 1.54) is 18.7 Å². The molecule has 0 saturated carbocycles. The molecule has 1 nitrogen and oxygen atoms in total. The van der Waals surface area contributed by atoms with Crippen LogP contribution in [0.2, 0.25) is 0 Å². The van der Waals surface area contributed by atoms with Crippen LogP contribution < -0.4 is 0 Å². The van der Waals surface area contributed by atoms with Crippen LogP contribution in [-0.4, -0.2) is 56.0 Å². The van der Waals surface area contributed by atoms with Gasteiger partial charge in [0.15, 0.2) is 0 Å². The maximum Gasteiger partial charge on any atom is 0.0234 e. The summed E-state index contributed by atoms with van der Waals surface area (Å²) in [7, 11) is 0.400. The van der Waals surface area contributed by atoms with Gasteiger partial charge in [-0.3, -0.25) is 4.90 Å². The zero-order chi connectivity index (χ0) is 13.1. The van der Waals surface area contributed by atoms with Gasteiger partial charge in [-0.25, -0.2) is 0 Å². The standard InChI is InChI=1S/C15H25NP2/c1-17(2)14-11-16(12-15(14)18(3)4)10-13-8-6-5-7-9-13/h5-9,14-15H,10-12H2,1-4H3. The van der Waals surface area contributed by atoms with Crippen molar-refractivity contribution >= 4 is 15.8 Å². The Morgan fingerprint density at radius 1 is 0.944 bits per heavy atom. The summed E-state index contributed by atoms with van der Waals surface area (Å²) in [6.07, 6.45) is 0. The Morgan fingerprint density at radius 2 is 1.44 bits per heavy atom. The molecule has 1 saturated heterocycles. The average Bonchev–Trinajstić information content (AvgIpc) is 2.74. The fraction of sp³-hybridized carbons (Fsp3) is 0.600. The SMILES string of the molecule is CP(C)C1CN(Cc2ccccc2)CC1P(C)C. The molecule has 18 heavy (non-hydrogen) atoms. The summed E-state index contributed by atoms with van der Waals surface area (Å²) in [5.74, 6) is 0. The lowest BCUT2D eigenvalue weighted by molar-refractivity contribution is 0.333. The molecule has 0 bridgehead atoms. The van der Waals surface area contributed by atoms with Crippen molar-refractivity contribution in [3.63, 3.8) is 0 Å². The molecule has 0 aliphatic carbocycles. The van der Waals surface area contributed by atoms with Gasteiger partial charge in [0.1, 0.15) is 0 Å². The fourth-order valence-electron chi connectivity index (χ4n) is 2.83. The van der Waals surface area contributed by atoms with E-state index in [-0.39, 0.29) is 15.8 Å². The van der Waals surface area contributed by atoms with E-state index >= 15 is 0 Å². The molecule has 3 heteroatoms. The van der Waals surface area contributed by atoms with Gasteiger partial charge in [-0.05, 0) is 43.5 Å². The second kappa shape index (κ2) is 6.47. The molecule has 2 rings (SSSR count). The van der Waals surface area contributed by atoms with Crippen molar-refractivity contribution in [2.24, 2.45) is 0 Å². The predicted octanol–water partition coefficient (Wildman–Crippen LogP) is 3.72. The zero-order valence-corrected chi connectivity index (χ0v) is 13.8. The minimum Gasteiger partial charge on any atom is -0.298 e. The summed E-state index contributed by atoms with van der Waals surface area (Å²) in [5, 5.41) is 0. The third kappa shape index (κ3) is 3.53. The molecule has 2 unspecified atom stereocenters. The molecule has 0 N–H and O–H groups in total. The van der Waals surface area contributed by atoms with Gasteiger partial charge in [0.2, 0.25) is 0 Å². The van der Waals surface area contributed by atoms with E-state index < -0.39 is 0 Å². The molecule has 0 amide bonds. The van der Waals surface area contributed by atoms with Gasteiger partial charge in [-0.15, -0.1) is 15.8 Å². The van der Waals surface area contributed by atoms with Gasteiger partial charge in [-0.1, -0.05) is 30.3 Å². The van der Waals surface area contributed by atoms with Gasteiger partial charge in [0, 0.05) is 19.6 Å².